The van der Waals surface area contributed by atoms with Crippen molar-refractivity contribution in [3.8, 4) is 5.75 Å². The number of hydrogen-bond acceptors (Lipinski definition) is 4. The monoisotopic (exact) mass is 308 g/mol. The normalized spacial score (nSPS) is 11.7. The first-order valence-corrected chi connectivity index (χ1v) is 8.60. The van der Waals surface area contributed by atoms with Crippen molar-refractivity contribution in [1.29, 1.82) is 0 Å². The average molecular weight is 308 g/mol. The van der Waals surface area contributed by atoms with Gasteiger partial charge >= 0.3 is 0 Å². The molecule has 0 spiro atoms. The van der Waals surface area contributed by atoms with Crippen LogP contribution in [-0.2, 0) is 16.6 Å². The molecule has 2 N–H and O–H groups in total. The van der Waals surface area contributed by atoms with E-state index in [0.717, 1.165) is 28.3 Å². The van der Waals surface area contributed by atoms with Crippen LogP contribution in [0.2, 0.25) is 0 Å². The van der Waals surface area contributed by atoms with E-state index < -0.39 is 10.0 Å². The van der Waals surface area contributed by atoms with Crippen LogP contribution in [0.3, 0.4) is 0 Å². The van der Waals surface area contributed by atoms with Gasteiger partial charge in [-0.15, -0.1) is 0 Å². The Morgan fingerprint density at radius 3 is 2.43 bits per heavy atom. The Labute approximate surface area is 125 Å². The molecule has 0 radical (unpaired) electrons. The molecule has 2 aromatic rings. The zero-order valence-electron chi connectivity index (χ0n) is 12.2. The third-order valence-corrected chi connectivity index (χ3v) is 3.90. The van der Waals surface area contributed by atoms with Gasteiger partial charge < -0.3 is 10.1 Å². The minimum Gasteiger partial charge on any atom is -0.496 e. The van der Waals surface area contributed by atoms with Gasteiger partial charge in [0.25, 0.3) is 0 Å². The highest BCUT2D eigenvalue weighted by atomic mass is 32.2. The van der Waals surface area contributed by atoms with E-state index in [4.69, 9.17) is 4.74 Å². The van der Waals surface area contributed by atoms with Gasteiger partial charge in [-0.3, -0.25) is 0 Å². The maximum Gasteiger partial charge on any atom is 0.208 e. The largest absolute Gasteiger partial charge is 0.496 e. The molecular formula is C15H20N2O3S. The lowest BCUT2D eigenvalue weighted by Crippen LogP contribution is -2.30. The molecule has 0 aromatic heterocycles. The first-order chi connectivity index (χ1) is 10.0. The Morgan fingerprint density at radius 1 is 1.05 bits per heavy atom. The molecule has 2 rings (SSSR count). The topological polar surface area (TPSA) is 67.4 Å². The number of methoxy groups -OCH3 is 1. The Bertz CT molecular complexity index is 714. The fourth-order valence-corrected chi connectivity index (χ4v) is 2.69. The van der Waals surface area contributed by atoms with Gasteiger partial charge in [-0.2, -0.15) is 0 Å². The average Bonchev–Trinajstić information content (AvgIpc) is 2.45. The van der Waals surface area contributed by atoms with Crippen molar-refractivity contribution in [2.24, 2.45) is 0 Å². The van der Waals surface area contributed by atoms with E-state index in [0.29, 0.717) is 19.6 Å². The summed E-state index contributed by atoms with van der Waals surface area (Å²) in [5.74, 6) is 0.855. The quantitative estimate of drug-likeness (QED) is 0.761. The summed E-state index contributed by atoms with van der Waals surface area (Å²) in [6.07, 6.45) is 1.16. The molecule has 114 valence electrons. The molecule has 0 saturated heterocycles. The molecule has 0 aliphatic rings. The standard InChI is InChI=1S/C15H20N2O3S/c1-20-15-8-7-12(13-5-3-4-6-14(13)15)11-16-9-10-17-21(2,18)19/h3-8,16-17H,9-11H2,1-2H3. The van der Waals surface area contributed by atoms with Gasteiger partial charge in [-0.25, -0.2) is 13.1 Å². The molecule has 0 saturated carbocycles. The minimum atomic E-state index is -3.12. The number of benzene rings is 2. The molecule has 0 aliphatic carbocycles. The summed E-state index contributed by atoms with van der Waals surface area (Å²) in [7, 11) is -1.46. The van der Waals surface area contributed by atoms with E-state index in [1.807, 2.05) is 30.3 Å². The van der Waals surface area contributed by atoms with Gasteiger partial charge in [0.05, 0.1) is 13.4 Å². The molecule has 0 unspecified atom stereocenters. The number of ether oxygens (including phenoxy) is 1. The van der Waals surface area contributed by atoms with Crippen LogP contribution in [0.25, 0.3) is 10.8 Å². The van der Waals surface area contributed by atoms with Crippen LogP contribution in [0.15, 0.2) is 36.4 Å². The first-order valence-electron chi connectivity index (χ1n) is 6.71. The molecule has 0 aliphatic heterocycles. The van der Waals surface area contributed by atoms with E-state index in [1.165, 1.54) is 0 Å². The maximum atomic E-state index is 11.0. The second-order valence-corrected chi connectivity index (χ2v) is 6.65. The van der Waals surface area contributed by atoms with Crippen LogP contribution in [-0.4, -0.2) is 34.9 Å². The second kappa shape index (κ2) is 6.89. The maximum absolute atomic E-state index is 11.0. The highest BCUT2D eigenvalue weighted by Gasteiger charge is 2.05. The fourth-order valence-electron chi connectivity index (χ4n) is 2.21. The summed E-state index contributed by atoms with van der Waals surface area (Å²) >= 11 is 0. The predicted molar refractivity (Wildman–Crippen MR) is 85.1 cm³/mol. The van der Waals surface area contributed by atoms with E-state index in [9.17, 15) is 8.42 Å². The van der Waals surface area contributed by atoms with Gasteiger partial charge in [0.2, 0.25) is 10.0 Å². The van der Waals surface area contributed by atoms with Crippen molar-refractivity contribution in [2.45, 2.75) is 6.54 Å². The van der Waals surface area contributed by atoms with Gasteiger partial charge in [0.1, 0.15) is 5.75 Å². The first kappa shape index (κ1) is 15.8. The van der Waals surface area contributed by atoms with Gasteiger partial charge in [-0.05, 0) is 17.0 Å². The highest BCUT2D eigenvalue weighted by molar-refractivity contribution is 7.88. The van der Waals surface area contributed by atoms with Crippen molar-refractivity contribution in [1.82, 2.24) is 10.0 Å². The van der Waals surface area contributed by atoms with Gasteiger partial charge in [-0.1, -0.05) is 30.3 Å². The zero-order chi connectivity index (χ0) is 15.3. The number of nitrogens with one attached hydrogen (secondary N) is 2. The van der Waals surface area contributed by atoms with Crippen LogP contribution in [0.4, 0.5) is 0 Å². The van der Waals surface area contributed by atoms with Crippen molar-refractivity contribution >= 4 is 20.8 Å². The molecule has 0 amide bonds. The molecule has 0 atom stereocenters. The lowest BCUT2D eigenvalue weighted by molar-refractivity contribution is 0.419. The van der Waals surface area contributed by atoms with Crippen LogP contribution in [0.1, 0.15) is 5.56 Å². The molecule has 21 heavy (non-hydrogen) atoms. The third kappa shape index (κ3) is 4.42. The van der Waals surface area contributed by atoms with E-state index in [2.05, 4.69) is 16.1 Å². The van der Waals surface area contributed by atoms with E-state index in [-0.39, 0.29) is 0 Å². The number of fused-ring (bicyclic) bond motifs is 1. The summed E-state index contributed by atoms with van der Waals surface area (Å²) in [4.78, 5) is 0. The molecule has 2 aromatic carbocycles. The van der Waals surface area contributed by atoms with Crippen LogP contribution in [0.5, 0.6) is 5.75 Å². The van der Waals surface area contributed by atoms with E-state index in [1.54, 1.807) is 7.11 Å². The Kier molecular flexibility index (Phi) is 5.17. The highest BCUT2D eigenvalue weighted by Crippen LogP contribution is 2.28. The van der Waals surface area contributed by atoms with Crippen LogP contribution < -0.4 is 14.8 Å². The Morgan fingerprint density at radius 2 is 1.76 bits per heavy atom. The van der Waals surface area contributed by atoms with E-state index >= 15 is 0 Å². The molecule has 0 fully saturated rings. The summed E-state index contributed by atoms with van der Waals surface area (Å²) in [6.45, 7) is 1.64. The lowest BCUT2D eigenvalue weighted by Gasteiger charge is -2.11. The predicted octanol–water partition coefficient (Wildman–Crippen LogP) is 1.49. The molecular weight excluding hydrogens is 288 g/mol. The lowest BCUT2D eigenvalue weighted by atomic mass is 10.0. The summed E-state index contributed by atoms with van der Waals surface area (Å²) in [6, 6.07) is 12.0. The third-order valence-electron chi connectivity index (χ3n) is 3.18. The summed E-state index contributed by atoms with van der Waals surface area (Å²) < 4.78 is 29.7. The van der Waals surface area contributed by atoms with Crippen LogP contribution >= 0.6 is 0 Å². The second-order valence-electron chi connectivity index (χ2n) is 4.82. The van der Waals surface area contributed by atoms with Crippen molar-refractivity contribution in [3.63, 3.8) is 0 Å². The molecule has 0 bridgehead atoms. The molecule has 5 nitrogen and oxygen atoms in total. The van der Waals surface area contributed by atoms with Gasteiger partial charge in [0, 0.05) is 25.0 Å². The zero-order valence-corrected chi connectivity index (χ0v) is 13.0. The van der Waals surface area contributed by atoms with Crippen molar-refractivity contribution in [3.05, 3.63) is 42.0 Å². The number of sulfonamides is 1. The molecule has 6 heteroatoms. The van der Waals surface area contributed by atoms with Crippen LogP contribution in [0, 0.1) is 0 Å². The smallest absolute Gasteiger partial charge is 0.208 e. The van der Waals surface area contributed by atoms with Crippen molar-refractivity contribution in [2.75, 3.05) is 26.5 Å². The summed E-state index contributed by atoms with van der Waals surface area (Å²) in [5.41, 5.74) is 1.16. The Balaban J connectivity index is 2.03. The molecule has 0 heterocycles. The minimum absolute atomic E-state index is 0.382. The Hall–Kier alpha value is -1.63. The number of hydrogen-bond donors (Lipinski definition) is 2. The fraction of sp³-hybridized carbons (Fsp3) is 0.333. The number of rotatable bonds is 7. The summed E-state index contributed by atoms with van der Waals surface area (Å²) in [5, 5.41) is 5.45. The SMILES string of the molecule is COc1ccc(CNCCNS(C)(=O)=O)c2ccccc12. The van der Waals surface area contributed by atoms with Gasteiger partial charge in [0.15, 0.2) is 0 Å². The van der Waals surface area contributed by atoms with Crippen molar-refractivity contribution < 1.29 is 13.2 Å².